The predicted octanol–water partition coefficient (Wildman–Crippen LogP) is 2.85. The lowest BCUT2D eigenvalue weighted by molar-refractivity contribution is 0.110. The molecule has 1 saturated carbocycles. The Labute approximate surface area is 109 Å². The number of hydrogen-bond donors (Lipinski definition) is 1. The van der Waals surface area contributed by atoms with Gasteiger partial charge in [-0.1, -0.05) is 6.92 Å². The summed E-state index contributed by atoms with van der Waals surface area (Å²) in [5.41, 5.74) is 6.37. The van der Waals surface area contributed by atoms with Gasteiger partial charge in [0, 0.05) is 18.6 Å². The van der Waals surface area contributed by atoms with Crippen molar-refractivity contribution >= 4 is 0 Å². The van der Waals surface area contributed by atoms with Gasteiger partial charge in [0.05, 0.1) is 6.04 Å². The van der Waals surface area contributed by atoms with Gasteiger partial charge in [-0.05, 0) is 50.7 Å². The van der Waals surface area contributed by atoms with Crippen LogP contribution >= 0.6 is 0 Å². The predicted molar refractivity (Wildman–Crippen MR) is 72.3 cm³/mol. The molecule has 0 radical (unpaired) electrons. The van der Waals surface area contributed by atoms with Gasteiger partial charge in [-0.2, -0.15) is 0 Å². The highest BCUT2D eigenvalue weighted by molar-refractivity contribution is 5.14. The molecule has 2 bridgehead atoms. The molecule has 2 heterocycles. The lowest BCUT2D eigenvalue weighted by Gasteiger charge is -2.36. The van der Waals surface area contributed by atoms with Crippen LogP contribution in [0.4, 0.5) is 0 Å². The third kappa shape index (κ3) is 1.99. The van der Waals surface area contributed by atoms with Crippen molar-refractivity contribution in [3.05, 3.63) is 23.7 Å². The molecule has 1 aromatic rings. The van der Waals surface area contributed by atoms with Crippen LogP contribution in [0.25, 0.3) is 0 Å². The van der Waals surface area contributed by atoms with Crippen LogP contribution in [-0.2, 0) is 0 Å². The molecule has 100 valence electrons. The zero-order valence-electron chi connectivity index (χ0n) is 11.4. The Bertz CT molecular complexity index is 414. The minimum atomic E-state index is 0.176. The second-order valence-electron chi connectivity index (χ2n) is 6.00. The van der Waals surface area contributed by atoms with E-state index in [-0.39, 0.29) is 12.1 Å². The molecule has 4 atom stereocenters. The number of aryl methyl sites for hydroxylation is 1. The Balaban J connectivity index is 1.86. The molecule has 3 rings (SSSR count). The van der Waals surface area contributed by atoms with Crippen molar-refractivity contribution in [1.82, 2.24) is 4.90 Å². The van der Waals surface area contributed by atoms with E-state index in [2.05, 4.69) is 24.0 Å². The van der Waals surface area contributed by atoms with Gasteiger partial charge in [-0.3, -0.25) is 4.90 Å². The summed E-state index contributed by atoms with van der Waals surface area (Å²) in [4.78, 5) is 2.61. The smallest absolute Gasteiger partial charge is 0.122 e. The van der Waals surface area contributed by atoms with Gasteiger partial charge in [0.25, 0.3) is 0 Å². The van der Waals surface area contributed by atoms with Gasteiger partial charge in [-0.15, -0.1) is 0 Å². The van der Waals surface area contributed by atoms with E-state index < -0.39 is 0 Å². The third-order valence-electron chi connectivity index (χ3n) is 4.74. The summed E-state index contributed by atoms with van der Waals surface area (Å²) in [7, 11) is 0. The summed E-state index contributed by atoms with van der Waals surface area (Å²) >= 11 is 0. The van der Waals surface area contributed by atoms with Crippen molar-refractivity contribution in [3.63, 3.8) is 0 Å². The lowest BCUT2D eigenvalue weighted by Crippen LogP contribution is -2.44. The Hall–Kier alpha value is -0.800. The van der Waals surface area contributed by atoms with E-state index in [4.69, 9.17) is 10.2 Å². The summed E-state index contributed by atoms with van der Waals surface area (Å²) in [6.07, 6.45) is 5.12. The Morgan fingerprint density at radius 1 is 1.44 bits per heavy atom. The number of nitrogens with two attached hydrogens (primary N) is 1. The van der Waals surface area contributed by atoms with Crippen LogP contribution in [0.1, 0.15) is 50.2 Å². The molecule has 0 aromatic carbocycles. The molecule has 2 aliphatic rings. The summed E-state index contributed by atoms with van der Waals surface area (Å²) in [5.74, 6) is 2.95. The largest absolute Gasteiger partial charge is 0.465 e. The fourth-order valence-electron chi connectivity index (χ4n) is 3.76. The van der Waals surface area contributed by atoms with E-state index in [0.717, 1.165) is 29.9 Å². The van der Waals surface area contributed by atoms with Crippen molar-refractivity contribution in [3.8, 4) is 0 Å². The van der Waals surface area contributed by atoms with Crippen LogP contribution in [0.3, 0.4) is 0 Å². The van der Waals surface area contributed by atoms with E-state index in [1.165, 1.54) is 25.8 Å². The van der Waals surface area contributed by atoms with Crippen LogP contribution in [0.15, 0.2) is 16.5 Å². The summed E-state index contributed by atoms with van der Waals surface area (Å²) < 4.78 is 5.87. The molecule has 3 nitrogen and oxygen atoms in total. The second-order valence-corrected chi connectivity index (χ2v) is 6.00. The van der Waals surface area contributed by atoms with Gasteiger partial charge < -0.3 is 10.2 Å². The number of piperidine rings is 1. The molecule has 4 unspecified atom stereocenters. The first kappa shape index (κ1) is 12.2. The lowest BCUT2D eigenvalue weighted by atomic mass is 9.99. The number of fused-ring (bicyclic) bond motifs is 2. The summed E-state index contributed by atoms with van der Waals surface area (Å²) in [5, 5.41) is 0. The first-order valence-corrected chi connectivity index (χ1v) is 7.26. The van der Waals surface area contributed by atoms with E-state index in [0.29, 0.717) is 0 Å². The minimum absolute atomic E-state index is 0.176. The minimum Gasteiger partial charge on any atom is -0.465 e. The third-order valence-corrected chi connectivity index (χ3v) is 4.74. The SMILES string of the molecule is CCC(N)C(c1ccc(C)o1)N1CC2CCC1C2. The fraction of sp³-hybridized carbons (Fsp3) is 0.733. The van der Waals surface area contributed by atoms with E-state index in [1.54, 1.807) is 0 Å². The Morgan fingerprint density at radius 2 is 2.28 bits per heavy atom. The number of hydrogen-bond acceptors (Lipinski definition) is 3. The van der Waals surface area contributed by atoms with E-state index in [9.17, 15) is 0 Å². The quantitative estimate of drug-likeness (QED) is 0.891. The first-order chi connectivity index (χ1) is 8.69. The van der Waals surface area contributed by atoms with Gasteiger partial charge in [0.15, 0.2) is 0 Å². The molecular formula is C15H24N2O. The van der Waals surface area contributed by atoms with Gasteiger partial charge in [0.2, 0.25) is 0 Å². The van der Waals surface area contributed by atoms with E-state index in [1.807, 2.05) is 6.92 Å². The van der Waals surface area contributed by atoms with Gasteiger partial charge >= 0.3 is 0 Å². The van der Waals surface area contributed by atoms with Crippen LogP contribution in [-0.4, -0.2) is 23.5 Å². The average Bonchev–Trinajstić information content (AvgIpc) is 3.06. The molecule has 1 saturated heterocycles. The molecule has 18 heavy (non-hydrogen) atoms. The van der Waals surface area contributed by atoms with Gasteiger partial charge in [-0.25, -0.2) is 0 Å². The monoisotopic (exact) mass is 248 g/mol. The molecule has 1 aromatic heterocycles. The molecule has 1 aliphatic carbocycles. The highest BCUT2D eigenvalue weighted by atomic mass is 16.3. The highest BCUT2D eigenvalue weighted by Crippen LogP contribution is 2.43. The molecular weight excluding hydrogens is 224 g/mol. The summed E-state index contributed by atoms with van der Waals surface area (Å²) in [6, 6.07) is 5.36. The number of nitrogens with zero attached hydrogens (tertiary/aromatic N) is 1. The van der Waals surface area contributed by atoms with Gasteiger partial charge in [0.1, 0.15) is 11.5 Å². The molecule has 2 fully saturated rings. The number of likely N-dealkylation sites (tertiary alicyclic amines) is 1. The van der Waals surface area contributed by atoms with Crippen LogP contribution in [0.5, 0.6) is 0 Å². The second kappa shape index (κ2) is 4.71. The Kier molecular flexibility index (Phi) is 3.20. The van der Waals surface area contributed by atoms with Crippen molar-refractivity contribution in [1.29, 1.82) is 0 Å². The molecule has 3 heteroatoms. The zero-order chi connectivity index (χ0) is 12.7. The standard InChI is InChI=1S/C15H24N2O/c1-3-13(16)15(14-7-4-10(2)18-14)17-9-11-5-6-12(17)8-11/h4,7,11-13,15H,3,5-6,8-9,16H2,1-2H3. The van der Waals surface area contributed by atoms with E-state index >= 15 is 0 Å². The maximum absolute atomic E-state index is 6.37. The molecule has 0 amide bonds. The summed E-state index contributed by atoms with van der Waals surface area (Å²) in [6.45, 7) is 5.39. The first-order valence-electron chi connectivity index (χ1n) is 7.26. The van der Waals surface area contributed by atoms with Crippen LogP contribution in [0.2, 0.25) is 0 Å². The topological polar surface area (TPSA) is 42.4 Å². The maximum Gasteiger partial charge on any atom is 0.122 e. The average molecular weight is 248 g/mol. The van der Waals surface area contributed by atoms with Crippen molar-refractivity contribution in [2.24, 2.45) is 11.7 Å². The highest BCUT2D eigenvalue weighted by Gasteiger charge is 2.43. The fourth-order valence-corrected chi connectivity index (χ4v) is 3.76. The molecule has 2 N–H and O–H groups in total. The van der Waals surface area contributed by atoms with Crippen molar-refractivity contribution in [2.45, 2.75) is 57.7 Å². The van der Waals surface area contributed by atoms with Crippen molar-refractivity contribution < 1.29 is 4.42 Å². The number of furan rings is 1. The normalized spacial score (nSPS) is 30.8. The molecule has 1 aliphatic heterocycles. The van der Waals surface area contributed by atoms with Crippen LogP contribution < -0.4 is 5.73 Å². The maximum atomic E-state index is 6.37. The Morgan fingerprint density at radius 3 is 2.78 bits per heavy atom. The van der Waals surface area contributed by atoms with Crippen molar-refractivity contribution in [2.75, 3.05) is 6.54 Å². The van der Waals surface area contributed by atoms with Crippen LogP contribution in [0, 0.1) is 12.8 Å². The number of rotatable bonds is 4. The zero-order valence-corrected chi connectivity index (χ0v) is 11.4. The molecule has 0 spiro atoms.